The van der Waals surface area contributed by atoms with Crippen LogP contribution >= 0.6 is 0 Å². The SMILES string of the molecule is NC(=O)N/N=C\c1cn(-c2ccccc2)nc1-c1ccccc1. The van der Waals surface area contributed by atoms with E-state index in [1.54, 1.807) is 4.68 Å². The van der Waals surface area contributed by atoms with Crippen LogP contribution in [-0.4, -0.2) is 22.0 Å². The molecule has 3 rings (SSSR count). The van der Waals surface area contributed by atoms with Crippen LogP contribution in [0.15, 0.2) is 72.0 Å². The van der Waals surface area contributed by atoms with Gasteiger partial charge >= 0.3 is 6.03 Å². The van der Waals surface area contributed by atoms with Crippen molar-refractivity contribution in [2.45, 2.75) is 0 Å². The van der Waals surface area contributed by atoms with E-state index in [4.69, 9.17) is 5.73 Å². The Bertz CT molecular complexity index is 825. The smallest absolute Gasteiger partial charge is 0.332 e. The lowest BCUT2D eigenvalue weighted by molar-refractivity contribution is 0.249. The number of hydrogen-bond donors (Lipinski definition) is 2. The minimum atomic E-state index is -0.710. The Balaban J connectivity index is 2.03. The molecule has 0 unspecified atom stereocenters. The molecule has 0 bridgehead atoms. The molecule has 0 aliphatic heterocycles. The van der Waals surface area contributed by atoms with Gasteiger partial charge in [0.1, 0.15) is 5.69 Å². The quantitative estimate of drug-likeness (QED) is 0.573. The summed E-state index contributed by atoms with van der Waals surface area (Å²) in [5.41, 5.74) is 10.6. The van der Waals surface area contributed by atoms with E-state index in [9.17, 15) is 4.79 Å². The van der Waals surface area contributed by atoms with Gasteiger partial charge in [-0.05, 0) is 12.1 Å². The van der Waals surface area contributed by atoms with Crippen molar-refractivity contribution >= 4 is 12.2 Å². The van der Waals surface area contributed by atoms with Crippen molar-refractivity contribution in [1.29, 1.82) is 0 Å². The highest BCUT2D eigenvalue weighted by atomic mass is 16.2. The molecule has 0 radical (unpaired) electrons. The zero-order valence-corrected chi connectivity index (χ0v) is 12.3. The maximum absolute atomic E-state index is 10.7. The lowest BCUT2D eigenvalue weighted by atomic mass is 10.1. The minimum Gasteiger partial charge on any atom is -0.350 e. The second kappa shape index (κ2) is 6.57. The number of aromatic nitrogens is 2. The second-order valence-electron chi connectivity index (χ2n) is 4.81. The number of carbonyl (C=O) groups excluding carboxylic acids is 1. The maximum Gasteiger partial charge on any atom is 0.332 e. The molecule has 0 saturated heterocycles. The van der Waals surface area contributed by atoms with Gasteiger partial charge < -0.3 is 5.73 Å². The monoisotopic (exact) mass is 305 g/mol. The van der Waals surface area contributed by atoms with Crippen LogP contribution in [0.5, 0.6) is 0 Å². The van der Waals surface area contributed by atoms with Crippen LogP contribution in [0.1, 0.15) is 5.56 Å². The zero-order chi connectivity index (χ0) is 16.1. The molecule has 3 aromatic rings. The minimum absolute atomic E-state index is 0.710. The lowest BCUT2D eigenvalue weighted by Gasteiger charge is -2.00. The van der Waals surface area contributed by atoms with E-state index in [0.717, 1.165) is 22.5 Å². The number of hydrazone groups is 1. The summed E-state index contributed by atoms with van der Waals surface area (Å²) in [6, 6.07) is 18.8. The van der Waals surface area contributed by atoms with Crippen LogP contribution in [0, 0.1) is 0 Å². The summed E-state index contributed by atoms with van der Waals surface area (Å²) >= 11 is 0. The third-order valence-electron chi connectivity index (χ3n) is 3.19. The van der Waals surface area contributed by atoms with Crippen molar-refractivity contribution in [3.05, 3.63) is 72.4 Å². The highest BCUT2D eigenvalue weighted by molar-refractivity contribution is 5.89. The largest absolute Gasteiger partial charge is 0.350 e. The fraction of sp³-hybridized carbons (Fsp3) is 0. The summed E-state index contributed by atoms with van der Waals surface area (Å²) < 4.78 is 1.77. The van der Waals surface area contributed by atoms with Gasteiger partial charge in [0.15, 0.2) is 0 Å². The second-order valence-corrected chi connectivity index (χ2v) is 4.81. The molecule has 114 valence electrons. The van der Waals surface area contributed by atoms with Crippen molar-refractivity contribution in [2.24, 2.45) is 10.8 Å². The first-order valence-corrected chi connectivity index (χ1v) is 7.03. The standard InChI is InChI=1S/C17H15N5O/c18-17(23)20-19-11-14-12-22(15-9-5-2-6-10-15)21-16(14)13-7-3-1-4-8-13/h1-12H,(H3,18,20,23)/b19-11-. The number of amides is 2. The van der Waals surface area contributed by atoms with Crippen LogP contribution < -0.4 is 11.2 Å². The predicted octanol–water partition coefficient (Wildman–Crippen LogP) is 2.54. The van der Waals surface area contributed by atoms with Crippen molar-refractivity contribution in [3.63, 3.8) is 0 Å². The summed E-state index contributed by atoms with van der Waals surface area (Å²) in [6.07, 6.45) is 3.38. The highest BCUT2D eigenvalue weighted by Crippen LogP contribution is 2.22. The first-order valence-electron chi connectivity index (χ1n) is 7.03. The number of rotatable bonds is 4. The Morgan fingerprint density at radius 2 is 1.74 bits per heavy atom. The van der Waals surface area contributed by atoms with Crippen LogP contribution in [0.3, 0.4) is 0 Å². The number of nitrogens with zero attached hydrogens (tertiary/aromatic N) is 3. The van der Waals surface area contributed by atoms with E-state index in [1.165, 1.54) is 6.21 Å². The van der Waals surface area contributed by atoms with Gasteiger partial charge in [0.25, 0.3) is 0 Å². The number of carbonyl (C=O) groups is 1. The first kappa shape index (κ1) is 14.5. The summed E-state index contributed by atoms with van der Waals surface area (Å²) in [5.74, 6) is 0. The first-order chi connectivity index (χ1) is 11.2. The Morgan fingerprint density at radius 3 is 2.39 bits per heavy atom. The van der Waals surface area contributed by atoms with Gasteiger partial charge in [-0.2, -0.15) is 10.2 Å². The van der Waals surface area contributed by atoms with Gasteiger partial charge in [-0.15, -0.1) is 0 Å². The fourth-order valence-corrected chi connectivity index (χ4v) is 2.18. The van der Waals surface area contributed by atoms with Crippen LogP contribution in [0.4, 0.5) is 4.79 Å². The molecule has 0 aliphatic carbocycles. The molecule has 2 amide bonds. The Morgan fingerprint density at radius 1 is 1.09 bits per heavy atom. The molecule has 0 fully saturated rings. The van der Waals surface area contributed by atoms with E-state index in [0.29, 0.717) is 0 Å². The molecule has 3 N–H and O–H groups in total. The van der Waals surface area contributed by atoms with Crippen molar-refractivity contribution in [2.75, 3.05) is 0 Å². The Kier molecular flexibility index (Phi) is 4.15. The molecule has 23 heavy (non-hydrogen) atoms. The van der Waals surface area contributed by atoms with Crippen molar-refractivity contribution in [1.82, 2.24) is 15.2 Å². The number of primary amides is 1. The number of nitrogens with one attached hydrogen (secondary N) is 1. The predicted molar refractivity (Wildman–Crippen MR) is 89.3 cm³/mol. The summed E-state index contributed by atoms with van der Waals surface area (Å²) in [7, 11) is 0. The maximum atomic E-state index is 10.7. The van der Waals surface area contributed by atoms with Crippen molar-refractivity contribution in [3.8, 4) is 16.9 Å². The van der Waals surface area contributed by atoms with Gasteiger partial charge in [0.05, 0.1) is 11.9 Å². The van der Waals surface area contributed by atoms with Crippen LogP contribution in [-0.2, 0) is 0 Å². The van der Waals surface area contributed by atoms with Crippen LogP contribution in [0.2, 0.25) is 0 Å². The molecule has 0 spiro atoms. The summed E-state index contributed by atoms with van der Waals surface area (Å²) in [5, 5.41) is 8.46. The molecule has 6 heteroatoms. The molecular formula is C17H15N5O. The average Bonchev–Trinajstić information content (AvgIpc) is 3.00. The zero-order valence-electron chi connectivity index (χ0n) is 12.3. The molecule has 1 heterocycles. The average molecular weight is 305 g/mol. The van der Waals surface area contributed by atoms with Gasteiger partial charge in [0.2, 0.25) is 0 Å². The number of benzene rings is 2. The molecule has 6 nitrogen and oxygen atoms in total. The van der Waals surface area contributed by atoms with Gasteiger partial charge in [0, 0.05) is 17.3 Å². The number of para-hydroxylation sites is 1. The molecular weight excluding hydrogens is 290 g/mol. The fourth-order valence-electron chi connectivity index (χ4n) is 2.18. The van der Waals surface area contributed by atoms with Gasteiger partial charge in [-0.3, -0.25) is 0 Å². The third kappa shape index (κ3) is 3.44. The molecule has 0 aliphatic rings. The van der Waals surface area contributed by atoms with E-state index in [-0.39, 0.29) is 0 Å². The van der Waals surface area contributed by atoms with Gasteiger partial charge in [-0.1, -0.05) is 48.5 Å². The number of nitrogens with two attached hydrogens (primary N) is 1. The van der Waals surface area contributed by atoms with Gasteiger partial charge in [-0.25, -0.2) is 14.9 Å². The third-order valence-corrected chi connectivity index (χ3v) is 3.19. The molecule has 0 atom stereocenters. The summed E-state index contributed by atoms with van der Waals surface area (Å²) in [6.45, 7) is 0. The van der Waals surface area contributed by atoms with Crippen LogP contribution in [0.25, 0.3) is 16.9 Å². The number of urea groups is 1. The molecule has 0 saturated carbocycles. The van der Waals surface area contributed by atoms with E-state index in [1.807, 2.05) is 66.9 Å². The normalized spacial score (nSPS) is 10.8. The van der Waals surface area contributed by atoms with E-state index in [2.05, 4.69) is 15.6 Å². The lowest BCUT2D eigenvalue weighted by Crippen LogP contribution is -2.24. The van der Waals surface area contributed by atoms with Crippen molar-refractivity contribution < 1.29 is 4.79 Å². The molecule has 2 aromatic carbocycles. The summed E-state index contributed by atoms with van der Waals surface area (Å²) in [4.78, 5) is 10.7. The molecule has 1 aromatic heterocycles. The highest BCUT2D eigenvalue weighted by Gasteiger charge is 2.10. The van der Waals surface area contributed by atoms with E-state index < -0.39 is 6.03 Å². The topological polar surface area (TPSA) is 85.3 Å². The number of hydrogen-bond acceptors (Lipinski definition) is 3. The Labute approximate surface area is 133 Å². The van der Waals surface area contributed by atoms with E-state index >= 15 is 0 Å². The Hall–Kier alpha value is -3.41.